The first-order valence-electron chi connectivity index (χ1n) is 9.46. The fourth-order valence-corrected chi connectivity index (χ4v) is 2.84. The van der Waals surface area contributed by atoms with Crippen molar-refractivity contribution < 1.29 is 14.5 Å². The third kappa shape index (κ3) is 5.63. The molecule has 0 radical (unpaired) electrons. The van der Waals surface area contributed by atoms with Crippen molar-refractivity contribution in [1.29, 1.82) is 0 Å². The molecule has 2 rings (SSSR count). The number of carbonyl (C=O) groups is 2. The first-order chi connectivity index (χ1) is 13.2. The van der Waals surface area contributed by atoms with Crippen molar-refractivity contribution in [2.45, 2.75) is 40.3 Å². The number of nitro groups is 1. The van der Waals surface area contributed by atoms with Gasteiger partial charge in [-0.3, -0.25) is 19.7 Å². The third-order valence-electron chi connectivity index (χ3n) is 4.55. The number of carbonyl (C=O) groups excluding carboxylic acids is 2. The zero-order valence-electron chi connectivity index (χ0n) is 16.8. The minimum absolute atomic E-state index is 0.0143. The van der Waals surface area contributed by atoms with Gasteiger partial charge in [-0.25, -0.2) is 0 Å². The summed E-state index contributed by atoms with van der Waals surface area (Å²) in [4.78, 5) is 37.1. The molecule has 1 heterocycles. The Labute approximate surface area is 164 Å². The summed E-state index contributed by atoms with van der Waals surface area (Å²) in [7, 11) is 0. The number of nitro benzene ring substituents is 1. The van der Waals surface area contributed by atoms with E-state index in [2.05, 4.69) is 5.32 Å². The highest BCUT2D eigenvalue weighted by molar-refractivity contribution is 5.88. The highest BCUT2D eigenvalue weighted by atomic mass is 16.6. The van der Waals surface area contributed by atoms with Gasteiger partial charge in [0.05, 0.1) is 11.5 Å². The summed E-state index contributed by atoms with van der Waals surface area (Å²) in [5, 5.41) is 14.9. The lowest BCUT2D eigenvalue weighted by Crippen LogP contribution is -2.43. The van der Waals surface area contributed by atoms with Crippen molar-refractivity contribution in [2.24, 2.45) is 5.92 Å². The van der Waals surface area contributed by atoms with Gasteiger partial charge >= 0.3 is 0 Å². The van der Waals surface area contributed by atoms with Gasteiger partial charge in [-0.05, 0) is 12.1 Å². The summed E-state index contributed by atoms with van der Waals surface area (Å²) in [5.74, 6) is -0.275. The molecule has 8 nitrogen and oxygen atoms in total. The number of nitrogens with one attached hydrogen (secondary N) is 1. The summed E-state index contributed by atoms with van der Waals surface area (Å²) in [5.41, 5.74) is 0.759. The number of nitrogens with zero attached hydrogens (tertiary/aromatic N) is 3. The van der Waals surface area contributed by atoms with Gasteiger partial charge in [0, 0.05) is 54.3 Å². The van der Waals surface area contributed by atoms with Gasteiger partial charge in [0.2, 0.25) is 5.91 Å². The number of non-ortho nitro benzene ring substituents is 1. The number of amides is 1. The average Bonchev–Trinajstić information content (AvgIpc) is 3.02. The molecule has 0 bridgehead atoms. The molecule has 8 heteroatoms. The van der Waals surface area contributed by atoms with E-state index in [9.17, 15) is 19.7 Å². The second-order valence-corrected chi connectivity index (χ2v) is 7.49. The van der Waals surface area contributed by atoms with Gasteiger partial charge in [-0.2, -0.15) is 0 Å². The predicted octanol–water partition coefficient (Wildman–Crippen LogP) is 2.60. The Morgan fingerprint density at radius 3 is 2.54 bits per heavy atom. The van der Waals surface area contributed by atoms with Crippen molar-refractivity contribution in [2.75, 3.05) is 19.6 Å². The van der Waals surface area contributed by atoms with Gasteiger partial charge in [0.1, 0.15) is 6.54 Å². The highest BCUT2D eigenvalue weighted by Crippen LogP contribution is 2.22. The third-order valence-corrected chi connectivity index (χ3v) is 4.55. The maximum Gasteiger partial charge on any atom is 0.270 e. The van der Waals surface area contributed by atoms with Gasteiger partial charge in [0.15, 0.2) is 5.78 Å². The highest BCUT2D eigenvalue weighted by Gasteiger charge is 2.20. The first kappa shape index (κ1) is 21.6. The summed E-state index contributed by atoms with van der Waals surface area (Å²) in [6.45, 7) is 8.91. The molecule has 0 saturated heterocycles. The Bertz CT molecular complexity index is 857. The standard InChI is InChI=1S/C20H28N4O4/c1-14(2)19(25)12-23(10-8-21-15(3)4)20(26)13-22-9-7-16-11-17(24(27)28)5-6-18(16)22/h5-7,9,11,14-15,21H,8,10,12-13H2,1-4H3. The molecular weight excluding hydrogens is 360 g/mol. The van der Waals surface area contributed by atoms with Crippen LogP contribution in [0.25, 0.3) is 10.9 Å². The number of Topliss-reactive ketones (excluding diaryl/α,β-unsaturated/α-hetero) is 1. The molecule has 1 amide bonds. The minimum Gasteiger partial charge on any atom is -0.338 e. The molecule has 28 heavy (non-hydrogen) atoms. The van der Waals surface area contributed by atoms with E-state index in [0.717, 1.165) is 5.52 Å². The molecule has 1 aromatic heterocycles. The lowest BCUT2D eigenvalue weighted by atomic mass is 10.1. The van der Waals surface area contributed by atoms with E-state index in [1.165, 1.54) is 12.1 Å². The number of fused-ring (bicyclic) bond motifs is 1. The van der Waals surface area contributed by atoms with Crippen LogP contribution in [0.2, 0.25) is 0 Å². The van der Waals surface area contributed by atoms with Crippen LogP contribution in [0.3, 0.4) is 0 Å². The number of hydrogen-bond acceptors (Lipinski definition) is 5. The van der Waals surface area contributed by atoms with E-state index in [1.807, 2.05) is 27.7 Å². The number of rotatable bonds is 10. The Morgan fingerprint density at radius 2 is 1.93 bits per heavy atom. The van der Waals surface area contributed by atoms with Crippen LogP contribution in [-0.2, 0) is 16.1 Å². The van der Waals surface area contributed by atoms with Crippen molar-refractivity contribution in [3.8, 4) is 0 Å². The molecular formula is C20H28N4O4. The number of ketones is 1. The smallest absolute Gasteiger partial charge is 0.270 e. The second-order valence-electron chi connectivity index (χ2n) is 7.49. The van der Waals surface area contributed by atoms with E-state index in [4.69, 9.17) is 0 Å². The van der Waals surface area contributed by atoms with Gasteiger partial charge < -0.3 is 14.8 Å². The van der Waals surface area contributed by atoms with Crippen LogP contribution in [-0.4, -0.2) is 51.8 Å². The second kappa shape index (κ2) is 9.45. The fraction of sp³-hybridized carbons (Fsp3) is 0.500. The van der Waals surface area contributed by atoms with Gasteiger partial charge in [-0.1, -0.05) is 27.7 Å². The summed E-state index contributed by atoms with van der Waals surface area (Å²) >= 11 is 0. The monoisotopic (exact) mass is 388 g/mol. The van der Waals surface area contributed by atoms with Crippen LogP contribution < -0.4 is 5.32 Å². The molecule has 0 unspecified atom stereocenters. The first-order valence-corrected chi connectivity index (χ1v) is 9.46. The maximum absolute atomic E-state index is 12.9. The fourth-order valence-electron chi connectivity index (χ4n) is 2.84. The maximum atomic E-state index is 12.9. The molecule has 152 valence electrons. The molecule has 0 aliphatic heterocycles. The van der Waals surface area contributed by atoms with Crippen molar-refractivity contribution in [1.82, 2.24) is 14.8 Å². The number of aromatic nitrogens is 1. The SMILES string of the molecule is CC(C)NCCN(CC(=O)C(C)C)C(=O)Cn1ccc2cc([N+](=O)[O-])ccc21. The summed E-state index contributed by atoms with van der Waals surface area (Å²) in [6, 6.07) is 6.60. The number of hydrogen-bond donors (Lipinski definition) is 1. The van der Waals surface area contributed by atoms with Crippen LogP contribution in [0, 0.1) is 16.0 Å². The Morgan fingerprint density at radius 1 is 1.21 bits per heavy atom. The molecule has 0 aliphatic rings. The topological polar surface area (TPSA) is 97.5 Å². The molecule has 0 saturated carbocycles. The molecule has 0 atom stereocenters. The van der Waals surface area contributed by atoms with E-state index in [-0.39, 0.29) is 36.4 Å². The molecule has 0 spiro atoms. The van der Waals surface area contributed by atoms with E-state index in [0.29, 0.717) is 24.5 Å². The van der Waals surface area contributed by atoms with Gasteiger partial charge in [-0.15, -0.1) is 0 Å². The zero-order valence-corrected chi connectivity index (χ0v) is 16.8. The van der Waals surface area contributed by atoms with Crippen LogP contribution in [0.15, 0.2) is 30.5 Å². The minimum atomic E-state index is -0.442. The quantitative estimate of drug-likeness (QED) is 0.498. The van der Waals surface area contributed by atoms with Crippen molar-refractivity contribution in [3.05, 3.63) is 40.6 Å². The summed E-state index contributed by atoms with van der Waals surface area (Å²) < 4.78 is 1.75. The van der Waals surface area contributed by atoms with Crippen LogP contribution >= 0.6 is 0 Å². The lowest BCUT2D eigenvalue weighted by Gasteiger charge is -2.24. The van der Waals surface area contributed by atoms with E-state index >= 15 is 0 Å². The Balaban J connectivity index is 2.15. The van der Waals surface area contributed by atoms with E-state index in [1.54, 1.807) is 27.8 Å². The lowest BCUT2D eigenvalue weighted by molar-refractivity contribution is -0.384. The van der Waals surface area contributed by atoms with Crippen LogP contribution in [0.4, 0.5) is 5.69 Å². The van der Waals surface area contributed by atoms with E-state index < -0.39 is 4.92 Å². The molecule has 0 aliphatic carbocycles. The Hall–Kier alpha value is -2.74. The molecule has 2 aromatic rings. The van der Waals surface area contributed by atoms with Crippen LogP contribution in [0.5, 0.6) is 0 Å². The zero-order chi connectivity index (χ0) is 20.8. The van der Waals surface area contributed by atoms with Crippen molar-refractivity contribution >= 4 is 28.3 Å². The largest absolute Gasteiger partial charge is 0.338 e. The molecule has 1 N–H and O–H groups in total. The molecule has 0 fully saturated rings. The van der Waals surface area contributed by atoms with Gasteiger partial charge in [0.25, 0.3) is 5.69 Å². The van der Waals surface area contributed by atoms with Crippen molar-refractivity contribution in [3.63, 3.8) is 0 Å². The predicted molar refractivity (Wildman–Crippen MR) is 108 cm³/mol. The van der Waals surface area contributed by atoms with Crippen LogP contribution in [0.1, 0.15) is 27.7 Å². The number of benzene rings is 1. The summed E-state index contributed by atoms with van der Waals surface area (Å²) in [6.07, 6.45) is 1.74. The molecule has 1 aromatic carbocycles. The Kier molecular flexibility index (Phi) is 7.28. The average molecular weight is 388 g/mol. The normalized spacial score (nSPS) is 11.4.